The maximum Gasteiger partial charge on any atom is 0.261 e. The van der Waals surface area contributed by atoms with Gasteiger partial charge in [-0.25, -0.2) is 0 Å². The summed E-state index contributed by atoms with van der Waals surface area (Å²) < 4.78 is 27.1. The molecule has 0 radical (unpaired) electrons. The number of rotatable bonds is 8. The molecule has 0 N–H and O–H groups in total. The molecule has 0 saturated heterocycles. The molecule has 0 aliphatic heterocycles. The van der Waals surface area contributed by atoms with Gasteiger partial charge in [0.05, 0.1) is 6.61 Å². The fourth-order valence-electron chi connectivity index (χ4n) is 4.37. The van der Waals surface area contributed by atoms with Crippen LogP contribution < -0.4 is 15.1 Å². The lowest BCUT2D eigenvalue weighted by Crippen LogP contribution is -2.66. The van der Waals surface area contributed by atoms with E-state index in [2.05, 4.69) is 74.3 Å². The summed E-state index contributed by atoms with van der Waals surface area (Å²) >= 11 is 0. The predicted molar refractivity (Wildman–Crippen MR) is 137 cm³/mol. The Bertz CT molecular complexity index is 1160. The summed E-state index contributed by atoms with van der Waals surface area (Å²) in [5.74, 6) is -0.323. The Balaban J connectivity index is 1.65. The molecule has 0 unspecified atom stereocenters. The van der Waals surface area contributed by atoms with Crippen LogP contribution in [-0.2, 0) is 17.6 Å². The standard InChI is InChI=1S/C29H30FNO2Si/c1-29(2,3)34(25-15-9-5-10-16-25,26-17-11-6-12-18-26)33-22-24-19-27(30)31-28(20-24)32-21-23-13-7-4-8-14-23/h4-20H,21-22H2,1-3H3. The maximum absolute atomic E-state index is 14.4. The van der Waals surface area contributed by atoms with E-state index in [1.807, 2.05) is 42.5 Å². The largest absolute Gasteiger partial charge is 0.473 e. The van der Waals surface area contributed by atoms with E-state index in [0.29, 0.717) is 12.2 Å². The minimum Gasteiger partial charge on any atom is -0.473 e. The molecule has 3 aromatic carbocycles. The molecule has 0 fully saturated rings. The Morgan fingerprint density at radius 3 is 1.76 bits per heavy atom. The van der Waals surface area contributed by atoms with Crippen LogP contribution in [0.5, 0.6) is 5.88 Å². The topological polar surface area (TPSA) is 31.4 Å². The molecule has 0 aliphatic carbocycles. The number of aromatic nitrogens is 1. The average molecular weight is 472 g/mol. The van der Waals surface area contributed by atoms with Gasteiger partial charge in [0.15, 0.2) is 0 Å². The van der Waals surface area contributed by atoms with Gasteiger partial charge in [-0.3, -0.25) is 0 Å². The molecule has 0 spiro atoms. The Labute approximate surface area is 202 Å². The second-order valence-corrected chi connectivity index (χ2v) is 13.7. The van der Waals surface area contributed by atoms with Crippen molar-refractivity contribution in [2.24, 2.45) is 0 Å². The van der Waals surface area contributed by atoms with E-state index in [1.54, 1.807) is 6.07 Å². The van der Waals surface area contributed by atoms with Gasteiger partial charge >= 0.3 is 0 Å². The van der Waals surface area contributed by atoms with Crippen molar-refractivity contribution in [1.82, 2.24) is 4.98 Å². The first kappa shape index (κ1) is 23.9. The molecule has 0 bridgehead atoms. The fourth-order valence-corrected chi connectivity index (χ4v) is 8.90. The molecular weight excluding hydrogens is 441 g/mol. The average Bonchev–Trinajstić information content (AvgIpc) is 2.84. The normalized spacial score (nSPS) is 11.9. The highest BCUT2D eigenvalue weighted by molar-refractivity contribution is 6.99. The van der Waals surface area contributed by atoms with Crippen molar-refractivity contribution in [1.29, 1.82) is 0 Å². The minimum absolute atomic E-state index is 0.159. The Hall–Kier alpha value is -3.28. The van der Waals surface area contributed by atoms with Crippen molar-refractivity contribution in [2.75, 3.05) is 0 Å². The number of benzene rings is 3. The highest BCUT2D eigenvalue weighted by Crippen LogP contribution is 2.37. The fraction of sp³-hybridized carbons (Fsp3) is 0.207. The van der Waals surface area contributed by atoms with Gasteiger partial charge < -0.3 is 9.16 Å². The lowest BCUT2D eigenvalue weighted by molar-refractivity contribution is 0.274. The maximum atomic E-state index is 14.4. The third-order valence-electron chi connectivity index (χ3n) is 5.93. The van der Waals surface area contributed by atoms with E-state index in [4.69, 9.17) is 9.16 Å². The Morgan fingerprint density at radius 1 is 0.706 bits per heavy atom. The first-order valence-corrected chi connectivity index (χ1v) is 13.4. The number of nitrogens with zero attached hydrogens (tertiary/aromatic N) is 1. The summed E-state index contributed by atoms with van der Waals surface area (Å²) in [4.78, 5) is 3.93. The van der Waals surface area contributed by atoms with Crippen LogP contribution in [0.1, 0.15) is 31.9 Å². The van der Waals surface area contributed by atoms with E-state index in [-0.39, 0.29) is 17.5 Å². The van der Waals surface area contributed by atoms with Crippen molar-refractivity contribution >= 4 is 18.7 Å². The molecule has 1 heterocycles. The first-order valence-electron chi connectivity index (χ1n) is 11.5. The zero-order valence-electron chi connectivity index (χ0n) is 19.9. The third-order valence-corrected chi connectivity index (χ3v) is 10.9. The van der Waals surface area contributed by atoms with Gasteiger partial charge in [-0.2, -0.15) is 9.37 Å². The molecule has 4 aromatic rings. The highest BCUT2D eigenvalue weighted by atomic mass is 28.4. The Morgan fingerprint density at radius 2 is 1.24 bits per heavy atom. The molecule has 0 saturated carbocycles. The summed E-state index contributed by atoms with van der Waals surface area (Å²) in [5.41, 5.74) is 1.70. The van der Waals surface area contributed by atoms with Gasteiger partial charge in [0.25, 0.3) is 8.32 Å². The summed E-state index contributed by atoms with van der Waals surface area (Å²) in [6.07, 6.45) is 0. The number of hydrogen-bond acceptors (Lipinski definition) is 3. The molecule has 174 valence electrons. The van der Waals surface area contributed by atoms with Crippen molar-refractivity contribution in [2.45, 2.75) is 39.0 Å². The molecule has 4 rings (SSSR count). The van der Waals surface area contributed by atoms with E-state index < -0.39 is 14.3 Å². The summed E-state index contributed by atoms with van der Waals surface area (Å²) in [6, 6.07) is 33.8. The van der Waals surface area contributed by atoms with Crippen LogP contribution in [-0.4, -0.2) is 13.3 Å². The van der Waals surface area contributed by atoms with Crippen LogP contribution in [0.3, 0.4) is 0 Å². The lowest BCUT2D eigenvalue weighted by atomic mass is 10.2. The van der Waals surface area contributed by atoms with Gasteiger partial charge in [-0.1, -0.05) is 112 Å². The second kappa shape index (κ2) is 10.3. The summed E-state index contributed by atoms with van der Waals surface area (Å²) in [7, 11) is -2.72. The summed E-state index contributed by atoms with van der Waals surface area (Å²) in [6.45, 7) is 7.25. The predicted octanol–water partition coefficient (Wildman–Crippen LogP) is 5.88. The monoisotopic (exact) mass is 471 g/mol. The Kier molecular flexibility index (Phi) is 7.25. The third kappa shape index (κ3) is 5.27. The van der Waals surface area contributed by atoms with E-state index in [9.17, 15) is 4.39 Å². The molecule has 5 heteroatoms. The van der Waals surface area contributed by atoms with Gasteiger partial charge in [0.1, 0.15) is 6.61 Å². The van der Waals surface area contributed by atoms with Crippen LogP contribution in [0.2, 0.25) is 5.04 Å². The minimum atomic E-state index is -2.72. The summed E-state index contributed by atoms with van der Waals surface area (Å²) in [5, 5.41) is 2.21. The van der Waals surface area contributed by atoms with Gasteiger partial charge in [-0.05, 0) is 32.6 Å². The molecule has 1 aromatic heterocycles. The van der Waals surface area contributed by atoms with Crippen molar-refractivity contribution in [3.63, 3.8) is 0 Å². The van der Waals surface area contributed by atoms with Crippen LogP contribution in [0.4, 0.5) is 4.39 Å². The van der Waals surface area contributed by atoms with Crippen LogP contribution in [0.15, 0.2) is 103 Å². The quantitative estimate of drug-likeness (QED) is 0.238. The van der Waals surface area contributed by atoms with Crippen LogP contribution in [0, 0.1) is 5.95 Å². The van der Waals surface area contributed by atoms with Crippen molar-refractivity contribution < 1.29 is 13.6 Å². The molecule has 34 heavy (non-hydrogen) atoms. The smallest absolute Gasteiger partial charge is 0.261 e. The molecule has 0 aliphatic rings. The lowest BCUT2D eigenvalue weighted by Gasteiger charge is -2.43. The SMILES string of the molecule is CC(C)(C)[Si](OCc1cc(F)nc(OCc2ccccc2)c1)(c1ccccc1)c1ccccc1. The number of pyridine rings is 1. The zero-order valence-corrected chi connectivity index (χ0v) is 20.9. The molecule has 0 amide bonds. The number of ether oxygens (including phenoxy) is 1. The van der Waals surface area contributed by atoms with Gasteiger partial charge in [0, 0.05) is 6.07 Å². The van der Waals surface area contributed by atoms with Crippen LogP contribution in [0.25, 0.3) is 0 Å². The van der Waals surface area contributed by atoms with Gasteiger partial charge in [-0.15, -0.1) is 0 Å². The van der Waals surface area contributed by atoms with Crippen LogP contribution >= 0.6 is 0 Å². The zero-order chi connectivity index (χ0) is 24.0. The number of halogens is 1. The molecular formula is C29H30FNO2Si. The highest BCUT2D eigenvalue weighted by Gasteiger charge is 2.50. The van der Waals surface area contributed by atoms with E-state index in [0.717, 1.165) is 5.56 Å². The molecule has 0 atom stereocenters. The van der Waals surface area contributed by atoms with E-state index >= 15 is 0 Å². The first-order chi connectivity index (χ1) is 16.4. The molecule has 3 nitrogen and oxygen atoms in total. The van der Waals surface area contributed by atoms with Crippen molar-refractivity contribution in [3.05, 3.63) is 120 Å². The number of hydrogen-bond donors (Lipinski definition) is 0. The van der Waals surface area contributed by atoms with Gasteiger partial charge in [0.2, 0.25) is 11.8 Å². The van der Waals surface area contributed by atoms with Crippen molar-refractivity contribution in [3.8, 4) is 5.88 Å². The van der Waals surface area contributed by atoms with E-state index in [1.165, 1.54) is 16.4 Å². The second-order valence-electron chi connectivity index (χ2n) is 9.36.